The number of imidazole rings is 1. The molecule has 0 spiro atoms. The summed E-state index contributed by atoms with van der Waals surface area (Å²) in [5.41, 5.74) is 1.02. The number of β-amino-alcohol motifs (C(OH)–C–C–N with tert-alkyl or cyclic N) is 1. The van der Waals surface area contributed by atoms with Crippen LogP contribution in [0, 0.1) is 5.41 Å². The largest absolute Gasteiger partial charge is 0.396 e. The maximum atomic E-state index is 12.9. The zero-order chi connectivity index (χ0) is 19.6. The van der Waals surface area contributed by atoms with Crippen molar-refractivity contribution in [3.63, 3.8) is 0 Å². The summed E-state index contributed by atoms with van der Waals surface area (Å²) in [5.74, 6) is 0.624. The van der Waals surface area contributed by atoms with E-state index in [0.717, 1.165) is 50.0 Å². The molecule has 3 heterocycles. The molecule has 2 fully saturated rings. The molecule has 0 radical (unpaired) electrons. The summed E-state index contributed by atoms with van der Waals surface area (Å²) in [4.78, 5) is 19.8. The molecule has 2 aromatic rings. The van der Waals surface area contributed by atoms with Gasteiger partial charge in [0, 0.05) is 31.2 Å². The van der Waals surface area contributed by atoms with Crippen molar-refractivity contribution in [2.45, 2.75) is 51.2 Å². The standard InChI is InChI=1S/C21H30N4O3/c26-15-21(8-3-1-4-9-21)14-22-20(28)19-17-6-2-5-10-25(17)18(23-19)13-24-11-7-16(27)12-24/h2,5-6,10,16,26-27H,1,3-4,7-9,11-15H2,(H,22,28). The van der Waals surface area contributed by atoms with Crippen molar-refractivity contribution in [1.29, 1.82) is 0 Å². The average molecular weight is 386 g/mol. The van der Waals surface area contributed by atoms with Crippen LogP contribution < -0.4 is 5.32 Å². The van der Waals surface area contributed by atoms with Gasteiger partial charge >= 0.3 is 0 Å². The van der Waals surface area contributed by atoms with E-state index < -0.39 is 0 Å². The van der Waals surface area contributed by atoms with Crippen molar-refractivity contribution in [2.75, 3.05) is 26.2 Å². The second-order valence-electron chi connectivity index (χ2n) is 8.41. The van der Waals surface area contributed by atoms with E-state index in [-0.39, 0.29) is 24.0 Å². The second kappa shape index (κ2) is 8.19. The van der Waals surface area contributed by atoms with Crippen LogP contribution in [0.15, 0.2) is 24.4 Å². The van der Waals surface area contributed by atoms with E-state index in [1.54, 1.807) is 0 Å². The number of fused-ring (bicyclic) bond motifs is 1. The minimum absolute atomic E-state index is 0.111. The molecule has 28 heavy (non-hydrogen) atoms. The highest BCUT2D eigenvalue weighted by atomic mass is 16.3. The lowest BCUT2D eigenvalue weighted by Crippen LogP contribution is -2.41. The third kappa shape index (κ3) is 3.92. The molecule has 2 aliphatic rings. The lowest BCUT2D eigenvalue weighted by atomic mass is 9.74. The first-order valence-electron chi connectivity index (χ1n) is 10.4. The number of likely N-dealkylation sites (tertiary alicyclic amines) is 1. The summed E-state index contributed by atoms with van der Waals surface area (Å²) in [6.07, 6.45) is 7.75. The van der Waals surface area contributed by atoms with E-state index in [2.05, 4.69) is 15.2 Å². The minimum Gasteiger partial charge on any atom is -0.396 e. The van der Waals surface area contributed by atoms with Gasteiger partial charge in [0.25, 0.3) is 5.91 Å². The molecule has 1 saturated heterocycles. The molecule has 1 saturated carbocycles. The third-order valence-corrected chi connectivity index (χ3v) is 6.32. The van der Waals surface area contributed by atoms with Crippen molar-refractivity contribution < 1.29 is 15.0 Å². The van der Waals surface area contributed by atoms with E-state index >= 15 is 0 Å². The van der Waals surface area contributed by atoms with Crippen molar-refractivity contribution in [3.05, 3.63) is 35.9 Å². The zero-order valence-electron chi connectivity index (χ0n) is 16.3. The van der Waals surface area contributed by atoms with Gasteiger partial charge in [0.15, 0.2) is 5.69 Å². The van der Waals surface area contributed by atoms with Crippen LogP contribution in [0.1, 0.15) is 54.8 Å². The number of nitrogens with one attached hydrogen (secondary N) is 1. The lowest BCUT2D eigenvalue weighted by molar-refractivity contribution is 0.0716. The molecule has 1 atom stereocenters. The van der Waals surface area contributed by atoms with Crippen molar-refractivity contribution in [3.8, 4) is 0 Å². The number of hydrogen-bond donors (Lipinski definition) is 3. The van der Waals surface area contributed by atoms with Gasteiger partial charge in [-0.25, -0.2) is 4.98 Å². The molecular weight excluding hydrogens is 356 g/mol. The van der Waals surface area contributed by atoms with Crippen LogP contribution in [0.4, 0.5) is 0 Å². The van der Waals surface area contributed by atoms with Crippen molar-refractivity contribution in [2.24, 2.45) is 5.41 Å². The Morgan fingerprint density at radius 2 is 2.11 bits per heavy atom. The van der Waals surface area contributed by atoms with Crippen LogP contribution in [-0.2, 0) is 6.54 Å². The summed E-state index contributed by atoms with van der Waals surface area (Å²) in [6, 6.07) is 5.75. The molecule has 0 bridgehead atoms. The summed E-state index contributed by atoms with van der Waals surface area (Å²) in [6.45, 7) is 2.68. The molecule has 1 unspecified atom stereocenters. The minimum atomic E-state index is -0.279. The van der Waals surface area contributed by atoms with Gasteiger partial charge in [-0.2, -0.15) is 0 Å². The molecule has 7 nitrogen and oxygen atoms in total. The highest BCUT2D eigenvalue weighted by molar-refractivity contribution is 5.99. The van der Waals surface area contributed by atoms with Gasteiger partial charge in [-0.05, 0) is 31.4 Å². The average Bonchev–Trinajstić information content (AvgIpc) is 3.31. The molecule has 1 aliphatic carbocycles. The van der Waals surface area contributed by atoms with Crippen LogP contribution >= 0.6 is 0 Å². The first-order valence-corrected chi connectivity index (χ1v) is 10.4. The van der Waals surface area contributed by atoms with Crippen LogP contribution in [0.5, 0.6) is 0 Å². The van der Waals surface area contributed by atoms with E-state index in [0.29, 0.717) is 25.3 Å². The first kappa shape index (κ1) is 19.4. The summed E-state index contributed by atoms with van der Waals surface area (Å²) in [5, 5.41) is 22.7. The molecule has 2 aromatic heterocycles. The fourth-order valence-corrected chi connectivity index (χ4v) is 4.58. The number of rotatable bonds is 6. The predicted molar refractivity (Wildman–Crippen MR) is 106 cm³/mol. The molecule has 152 valence electrons. The van der Waals surface area contributed by atoms with Gasteiger partial charge in [0.1, 0.15) is 5.82 Å². The molecule has 1 aliphatic heterocycles. The fourth-order valence-electron chi connectivity index (χ4n) is 4.58. The van der Waals surface area contributed by atoms with E-state index in [1.165, 1.54) is 6.42 Å². The van der Waals surface area contributed by atoms with E-state index in [4.69, 9.17) is 0 Å². The molecule has 7 heteroatoms. The second-order valence-corrected chi connectivity index (χ2v) is 8.41. The summed E-state index contributed by atoms with van der Waals surface area (Å²) >= 11 is 0. The Bertz CT molecular complexity index is 828. The van der Waals surface area contributed by atoms with Gasteiger partial charge in [-0.15, -0.1) is 0 Å². The Hall–Kier alpha value is -1.96. The van der Waals surface area contributed by atoms with Gasteiger partial charge in [-0.3, -0.25) is 9.69 Å². The van der Waals surface area contributed by atoms with E-state index in [1.807, 2.05) is 28.8 Å². The molecule has 0 aromatic carbocycles. The van der Waals surface area contributed by atoms with Crippen LogP contribution in [0.25, 0.3) is 5.52 Å². The Labute approximate surface area is 165 Å². The van der Waals surface area contributed by atoms with Crippen LogP contribution in [0.2, 0.25) is 0 Å². The highest BCUT2D eigenvalue weighted by Gasteiger charge is 2.32. The maximum Gasteiger partial charge on any atom is 0.272 e. The zero-order valence-corrected chi connectivity index (χ0v) is 16.3. The monoisotopic (exact) mass is 386 g/mol. The maximum absolute atomic E-state index is 12.9. The topological polar surface area (TPSA) is 90.1 Å². The predicted octanol–water partition coefficient (Wildman–Crippen LogP) is 1.57. The van der Waals surface area contributed by atoms with Crippen molar-refractivity contribution in [1.82, 2.24) is 19.6 Å². The van der Waals surface area contributed by atoms with Gasteiger partial charge < -0.3 is 19.9 Å². The Kier molecular flexibility index (Phi) is 5.66. The number of carbonyl (C=O) groups is 1. The fraction of sp³-hybridized carbons (Fsp3) is 0.619. The summed E-state index contributed by atoms with van der Waals surface area (Å²) < 4.78 is 1.96. The number of nitrogens with zero attached hydrogens (tertiary/aromatic N) is 3. The lowest BCUT2D eigenvalue weighted by Gasteiger charge is -2.35. The molecule has 3 N–H and O–H groups in total. The third-order valence-electron chi connectivity index (χ3n) is 6.32. The number of aromatic nitrogens is 2. The normalized spacial score (nSPS) is 22.6. The van der Waals surface area contributed by atoms with Crippen molar-refractivity contribution >= 4 is 11.4 Å². The van der Waals surface area contributed by atoms with Gasteiger partial charge in [0.05, 0.1) is 24.8 Å². The number of aliphatic hydroxyl groups is 2. The molecule has 4 rings (SSSR count). The van der Waals surface area contributed by atoms with Crippen LogP contribution in [0.3, 0.4) is 0 Å². The number of amides is 1. The number of aliphatic hydroxyl groups excluding tert-OH is 2. The Balaban J connectivity index is 1.52. The number of carbonyl (C=O) groups excluding carboxylic acids is 1. The SMILES string of the molecule is O=C(NCC1(CO)CCCCC1)c1nc(CN2CCC(O)C2)n2ccccc12. The Morgan fingerprint density at radius 3 is 2.82 bits per heavy atom. The van der Waals surface area contributed by atoms with Gasteiger partial charge in [-0.1, -0.05) is 25.3 Å². The van der Waals surface area contributed by atoms with E-state index in [9.17, 15) is 15.0 Å². The smallest absolute Gasteiger partial charge is 0.272 e. The molecule has 1 amide bonds. The van der Waals surface area contributed by atoms with Crippen LogP contribution in [-0.4, -0.2) is 62.7 Å². The highest BCUT2D eigenvalue weighted by Crippen LogP contribution is 2.35. The first-order chi connectivity index (χ1) is 13.6. The quantitative estimate of drug-likeness (QED) is 0.701. The summed E-state index contributed by atoms with van der Waals surface area (Å²) in [7, 11) is 0. The number of pyridine rings is 1. The Morgan fingerprint density at radius 1 is 1.29 bits per heavy atom. The number of hydrogen-bond acceptors (Lipinski definition) is 5. The van der Waals surface area contributed by atoms with Gasteiger partial charge in [0.2, 0.25) is 0 Å². The molecular formula is C21H30N4O3.